The van der Waals surface area contributed by atoms with E-state index in [0.717, 1.165) is 40.8 Å². The summed E-state index contributed by atoms with van der Waals surface area (Å²) in [5.41, 5.74) is 0.171. The molecule has 152 valence electrons. The van der Waals surface area contributed by atoms with Crippen molar-refractivity contribution >= 4 is 11.8 Å². The number of nitrogens with one attached hydrogen (secondary N) is 1. The van der Waals surface area contributed by atoms with Gasteiger partial charge in [0, 0.05) is 12.6 Å². The zero-order valence-electron chi connectivity index (χ0n) is 16.4. The Morgan fingerprint density at radius 3 is 2.79 bits per heavy atom. The van der Waals surface area contributed by atoms with Gasteiger partial charge in [0.1, 0.15) is 12.1 Å². The molecule has 10 heteroatoms. The molecule has 4 saturated carbocycles. The topological polar surface area (TPSA) is 99.5 Å². The van der Waals surface area contributed by atoms with Gasteiger partial charge in [-0.1, -0.05) is 0 Å². The molecule has 3 heterocycles. The summed E-state index contributed by atoms with van der Waals surface area (Å²) >= 11 is 1.49. The highest BCUT2D eigenvalue weighted by molar-refractivity contribution is 7.99. The van der Waals surface area contributed by atoms with Crippen molar-refractivity contribution in [1.82, 2.24) is 40.3 Å². The van der Waals surface area contributed by atoms with E-state index in [9.17, 15) is 0 Å². The van der Waals surface area contributed by atoms with Crippen LogP contribution >= 0.6 is 11.8 Å². The van der Waals surface area contributed by atoms with Crippen molar-refractivity contribution in [3.8, 4) is 0 Å². The Balaban J connectivity index is 1.18. The number of aromatic nitrogens is 7. The molecule has 4 fully saturated rings. The summed E-state index contributed by atoms with van der Waals surface area (Å²) < 4.78 is 7.94. The van der Waals surface area contributed by atoms with Crippen LogP contribution in [0.15, 0.2) is 39.5 Å². The van der Waals surface area contributed by atoms with Gasteiger partial charge < -0.3 is 14.3 Å². The van der Waals surface area contributed by atoms with Crippen LogP contribution in [0.2, 0.25) is 0 Å². The van der Waals surface area contributed by atoms with E-state index >= 15 is 0 Å². The number of tetrazole rings is 1. The van der Waals surface area contributed by atoms with Crippen molar-refractivity contribution < 1.29 is 4.42 Å². The van der Waals surface area contributed by atoms with E-state index in [1.165, 1.54) is 43.9 Å². The van der Waals surface area contributed by atoms with Gasteiger partial charge in [-0.15, -0.1) is 20.4 Å². The van der Waals surface area contributed by atoms with E-state index in [1.54, 1.807) is 12.7 Å². The van der Waals surface area contributed by atoms with Crippen molar-refractivity contribution in [3.05, 3.63) is 30.5 Å². The lowest BCUT2D eigenvalue weighted by molar-refractivity contribution is -0.0858. The van der Waals surface area contributed by atoms with Crippen LogP contribution in [0.5, 0.6) is 0 Å². The van der Waals surface area contributed by atoms with Crippen molar-refractivity contribution in [2.75, 3.05) is 0 Å². The highest BCUT2D eigenvalue weighted by Gasteiger charge is 2.59. The zero-order chi connectivity index (χ0) is 19.5. The Labute approximate surface area is 172 Å². The molecule has 0 spiro atoms. The highest BCUT2D eigenvalue weighted by Crippen LogP contribution is 2.60. The molecule has 4 aliphatic carbocycles. The third-order valence-corrected chi connectivity index (χ3v) is 7.91. The van der Waals surface area contributed by atoms with Gasteiger partial charge >= 0.3 is 0 Å². The largest absolute Gasteiger partial charge is 0.453 e. The molecule has 9 nitrogen and oxygen atoms in total. The molecule has 3 aromatic rings. The number of nitrogens with zero attached hydrogens (tertiary/aromatic N) is 7. The SMILES string of the molecule is Cn1cnnc1Sc1ccc(CNC23CC4CC(C2)CC(n2ncnn2)(C4)C3)o1. The molecule has 7 rings (SSSR count). The molecule has 0 radical (unpaired) electrons. The number of furan rings is 1. The molecule has 3 aromatic heterocycles. The van der Waals surface area contributed by atoms with Gasteiger partial charge in [-0.25, -0.2) is 0 Å². The van der Waals surface area contributed by atoms with Crippen LogP contribution in [-0.2, 0) is 19.1 Å². The fourth-order valence-electron chi connectivity index (χ4n) is 6.28. The smallest absolute Gasteiger partial charge is 0.198 e. The summed E-state index contributed by atoms with van der Waals surface area (Å²) in [6.07, 6.45) is 10.5. The highest BCUT2D eigenvalue weighted by atomic mass is 32.2. The Hall–Kier alpha value is -2.20. The predicted octanol–water partition coefficient (Wildman–Crippen LogP) is 2.38. The van der Waals surface area contributed by atoms with Crippen LogP contribution in [0.3, 0.4) is 0 Å². The summed E-state index contributed by atoms with van der Waals surface area (Å²) in [6, 6.07) is 4.07. The summed E-state index contributed by atoms with van der Waals surface area (Å²) in [6.45, 7) is 0.736. The molecule has 0 saturated heterocycles. The molecule has 29 heavy (non-hydrogen) atoms. The lowest BCUT2D eigenvalue weighted by atomic mass is 9.50. The van der Waals surface area contributed by atoms with E-state index in [4.69, 9.17) is 4.42 Å². The van der Waals surface area contributed by atoms with E-state index in [2.05, 4.69) is 37.0 Å². The minimum Gasteiger partial charge on any atom is -0.453 e. The Morgan fingerprint density at radius 2 is 2.07 bits per heavy atom. The van der Waals surface area contributed by atoms with Gasteiger partial charge in [-0.3, -0.25) is 0 Å². The van der Waals surface area contributed by atoms with Gasteiger partial charge in [0.05, 0.1) is 12.1 Å². The van der Waals surface area contributed by atoms with Crippen molar-refractivity contribution in [1.29, 1.82) is 0 Å². The second kappa shape index (κ2) is 6.40. The molecular formula is C19H24N8OS. The molecule has 2 atom stereocenters. The van der Waals surface area contributed by atoms with E-state index in [1.807, 2.05) is 22.5 Å². The maximum absolute atomic E-state index is 6.05. The van der Waals surface area contributed by atoms with Crippen LogP contribution < -0.4 is 5.32 Å². The van der Waals surface area contributed by atoms with Crippen molar-refractivity contribution in [2.45, 2.75) is 66.4 Å². The first-order valence-corrected chi connectivity index (χ1v) is 11.0. The summed E-state index contributed by atoms with van der Waals surface area (Å²) in [4.78, 5) is 1.91. The third-order valence-electron chi connectivity index (χ3n) is 6.94. The standard InChI is InChI=1S/C19H24N8OS/c1-26-12-22-24-17(26)29-16-3-2-15(28-16)9-20-18-5-13-4-14(6-18)8-19(7-13,10-18)27-23-11-21-25-27/h2-3,11-14,20H,4-10H2,1H3. The Morgan fingerprint density at radius 1 is 1.21 bits per heavy atom. The van der Waals surface area contributed by atoms with E-state index in [0.29, 0.717) is 0 Å². The first-order chi connectivity index (χ1) is 14.1. The van der Waals surface area contributed by atoms with E-state index < -0.39 is 0 Å². The minimum absolute atomic E-state index is 0.0307. The molecule has 0 amide bonds. The summed E-state index contributed by atoms with van der Waals surface area (Å²) in [5, 5.41) is 26.3. The summed E-state index contributed by atoms with van der Waals surface area (Å²) in [7, 11) is 1.93. The zero-order valence-corrected chi connectivity index (χ0v) is 17.2. The maximum atomic E-state index is 6.05. The van der Waals surface area contributed by atoms with Gasteiger partial charge in [0.25, 0.3) is 0 Å². The number of hydrogen-bond donors (Lipinski definition) is 1. The molecule has 4 aliphatic rings. The number of rotatable bonds is 6. The van der Waals surface area contributed by atoms with Crippen LogP contribution in [0.4, 0.5) is 0 Å². The first kappa shape index (κ1) is 17.6. The third kappa shape index (κ3) is 3.00. The van der Waals surface area contributed by atoms with Crippen LogP contribution in [0.25, 0.3) is 0 Å². The predicted molar refractivity (Wildman–Crippen MR) is 104 cm³/mol. The maximum Gasteiger partial charge on any atom is 0.198 e. The quantitative estimate of drug-likeness (QED) is 0.659. The second-order valence-electron chi connectivity index (χ2n) is 9.09. The molecule has 2 unspecified atom stereocenters. The van der Waals surface area contributed by atoms with Crippen LogP contribution in [0.1, 0.15) is 44.3 Å². The molecule has 1 N–H and O–H groups in total. The Bertz CT molecular complexity index is 997. The van der Waals surface area contributed by atoms with E-state index in [-0.39, 0.29) is 11.1 Å². The van der Waals surface area contributed by atoms with Gasteiger partial charge in [-0.2, -0.15) is 4.80 Å². The molecular weight excluding hydrogens is 388 g/mol. The normalized spacial score (nSPS) is 32.9. The second-order valence-corrected chi connectivity index (χ2v) is 10.1. The molecule has 0 aliphatic heterocycles. The van der Waals surface area contributed by atoms with Crippen molar-refractivity contribution in [3.63, 3.8) is 0 Å². The monoisotopic (exact) mass is 412 g/mol. The van der Waals surface area contributed by atoms with Crippen molar-refractivity contribution in [2.24, 2.45) is 18.9 Å². The van der Waals surface area contributed by atoms with Gasteiger partial charge in [0.15, 0.2) is 16.6 Å². The Kier molecular flexibility index (Phi) is 3.89. The van der Waals surface area contributed by atoms with Crippen LogP contribution in [-0.4, -0.2) is 40.5 Å². The molecule has 0 aromatic carbocycles. The van der Waals surface area contributed by atoms with Crippen LogP contribution in [0, 0.1) is 11.8 Å². The fraction of sp³-hybridized carbons (Fsp3) is 0.632. The summed E-state index contributed by atoms with van der Waals surface area (Å²) in [5.74, 6) is 2.44. The number of aryl methyl sites for hydroxylation is 1. The van der Waals surface area contributed by atoms with Gasteiger partial charge in [0.2, 0.25) is 0 Å². The lowest BCUT2D eigenvalue weighted by Gasteiger charge is -2.61. The molecule has 4 bridgehead atoms. The lowest BCUT2D eigenvalue weighted by Crippen LogP contribution is -2.65. The average Bonchev–Trinajstić information content (AvgIpc) is 3.43. The minimum atomic E-state index is 0.0307. The van der Waals surface area contributed by atoms with Gasteiger partial charge in [-0.05, 0) is 79.5 Å². The number of hydrogen-bond acceptors (Lipinski definition) is 8. The average molecular weight is 413 g/mol. The fourth-order valence-corrected chi connectivity index (χ4v) is 7.02. The first-order valence-electron chi connectivity index (χ1n) is 10.2.